The van der Waals surface area contributed by atoms with Gasteiger partial charge in [0.2, 0.25) is 0 Å². The second-order valence-corrected chi connectivity index (χ2v) is 3.72. The molecule has 0 fully saturated rings. The Hall–Kier alpha value is -0.340. The molecular weight excluding hydrogens is 204 g/mol. The van der Waals surface area contributed by atoms with E-state index in [-0.39, 0.29) is 0 Å². The molecule has 0 aliphatic rings. The molecule has 3 heteroatoms. The largest absolute Gasteiger partial charge is 0.493 e. The van der Waals surface area contributed by atoms with Gasteiger partial charge in [-0.1, -0.05) is 11.6 Å². The van der Waals surface area contributed by atoms with Crippen molar-refractivity contribution in [2.45, 2.75) is 13.3 Å². The summed E-state index contributed by atoms with van der Waals surface area (Å²) in [4.78, 5) is 0. The number of ether oxygens (including phenoxy) is 1. The van der Waals surface area contributed by atoms with E-state index in [2.05, 4.69) is 12.6 Å². The van der Waals surface area contributed by atoms with Gasteiger partial charge in [0.1, 0.15) is 5.75 Å². The van der Waals surface area contributed by atoms with Crippen LogP contribution in [0.3, 0.4) is 0 Å². The third-order valence-corrected chi connectivity index (χ3v) is 2.25. The summed E-state index contributed by atoms with van der Waals surface area (Å²) >= 11 is 9.92. The maximum absolute atomic E-state index is 5.81. The number of rotatable bonds is 4. The highest BCUT2D eigenvalue weighted by Crippen LogP contribution is 2.21. The molecule has 1 rings (SSSR count). The molecule has 0 aromatic heterocycles. The fraction of sp³-hybridized carbons (Fsp3) is 0.400. The molecule has 0 aliphatic carbocycles. The third kappa shape index (κ3) is 3.49. The predicted molar refractivity (Wildman–Crippen MR) is 60.2 cm³/mol. The van der Waals surface area contributed by atoms with E-state index in [0.717, 1.165) is 28.5 Å². The Morgan fingerprint density at radius 2 is 2.23 bits per heavy atom. The van der Waals surface area contributed by atoms with Gasteiger partial charge in [0.05, 0.1) is 6.61 Å². The van der Waals surface area contributed by atoms with Crippen LogP contribution in [0, 0.1) is 6.92 Å². The standard InChI is InChI=1S/C10H13ClOS/c1-8-7-9(11)3-4-10(8)12-5-2-6-13/h3-4,7,13H,2,5-6H2,1H3. The van der Waals surface area contributed by atoms with Crippen molar-refractivity contribution >= 4 is 24.2 Å². The highest BCUT2D eigenvalue weighted by atomic mass is 35.5. The van der Waals surface area contributed by atoms with Gasteiger partial charge >= 0.3 is 0 Å². The van der Waals surface area contributed by atoms with E-state index >= 15 is 0 Å². The van der Waals surface area contributed by atoms with Gasteiger partial charge in [-0.2, -0.15) is 12.6 Å². The van der Waals surface area contributed by atoms with Gasteiger partial charge in [0.25, 0.3) is 0 Å². The van der Waals surface area contributed by atoms with Crippen LogP contribution in [0.15, 0.2) is 18.2 Å². The van der Waals surface area contributed by atoms with Crippen LogP contribution >= 0.6 is 24.2 Å². The number of aryl methyl sites for hydroxylation is 1. The summed E-state index contributed by atoms with van der Waals surface area (Å²) in [5.41, 5.74) is 1.08. The molecule has 0 saturated carbocycles. The Morgan fingerprint density at radius 1 is 1.46 bits per heavy atom. The minimum atomic E-state index is 0.714. The number of hydrogen-bond acceptors (Lipinski definition) is 2. The molecule has 0 heterocycles. The molecule has 0 aliphatic heterocycles. The normalized spacial score (nSPS) is 10.1. The van der Waals surface area contributed by atoms with E-state index in [1.165, 1.54) is 0 Å². The topological polar surface area (TPSA) is 9.23 Å². The molecule has 72 valence electrons. The van der Waals surface area contributed by atoms with Gasteiger partial charge in [0.15, 0.2) is 0 Å². The van der Waals surface area contributed by atoms with Gasteiger partial charge < -0.3 is 4.74 Å². The summed E-state index contributed by atoms with van der Waals surface area (Å²) in [6, 6.07) is 5.64. The van der Waals surface area contributed by atoms with Crippen molar-refractivity contribution in [1.29, 1.82) is 0 Å². The number of hydrogen-bond donors (Lipinski definition) is 1. The summed E-state index contributed by atoms with van der Waals surface area (Å²) in [6.45, 7) is 2.70. The van der Waals surface area contributed by atoms with E-state index in [0.29, 0.717) is 6.61 Å². The Kier molecular flexibility index (Phi) is 4.46. The zero-order valence-electron chi connectivity index (χ0n) is 7.59. The van der Waals surface area contributed by atoms with Crippen LogP contribution in [0.1, 0.15) is 12.0 Å². The first-order chi connectivity index (χ1) is 6.24. The van der Waals surface area contributed by atoms with Gasteiger partial charge in [-0.3, -0.25) is 0 Å². The first kappa shape index (κ1) is 10.7. The summed E-state index contributed by atoms with van der Waals surface area (Å²) in [5, 5.41) is 0.749. The molecule has 1 aromatic rings. The summed E-state index contributed by atoms with van der Waals surface area (Å²) in [5.74, 6) is 1.76. The summed E-state index contributed by atoms with van der Waals surface area (Å²) < 4.78 is 5.52. The number of benzene rings is 1. The molecule has 0 amide bonds. The van der Waals surface area contributed by atoms with Gasteiger partial charge in [0, 0.05) is 5.02 Å². The fourth-order valence-corrected chi connectivity index (χ4v) is 1.38. The van der Waals surface area contributed by atoms with Crippen LogP contribution in [0.2, 0.25) is 5.02 Å². The summed E-state index contributed by atoms with van der Waals surface area (Å²) in [7, 11) is 0. The van der Waals surface area contributed by atoms with Crippen LogP contribution in [0.5, 0.6) is 5.75 Å². The minimum absolute atomic E-state index is 0.714. The highest BCUT2D eigenvalue weighted by molar-refractivity contribution is 7.80. The molecule has 1 aromatic carbocycles. The Balaban J connectivity index is 2.56. The fourth-order valence-electron chi connectivity index (χ4n) is 1.02. The van der Waals surface area contributed by atoms with Crippen LogP contribution in [0.4, 0.5) is 0 Å². The molecule has 0 saturated heterocycles. The van der Waals surface area contributed by atoms with E-state index in [1.807, 2.05) is 25.1 Å². The van der Waals surface area contributed by atoms with Crippen LogP contribution in [0.25, 0.3) is 0 Å². The van der Waals surface area contributed by atoms with Crippen molar-refractivity contribution in [1.82, 2.24) is 0 Å². The van der Waals surface area contributed by atoms with Crippen molar-refractivity contribution in [3.63, 3.8) is 0 Å². The van der Waals surface area contributed by atoms with Crippen LogP contribution in [-0.2, 0) is 0 Å². The molecular formula is C10H13ClOS. The molecule has 1 nitrogen and oxygen atoms in total. The third-order valence-electron chi connectivity index (χ3n) is 1.70. The highest BCUT2D eigenvalue weighted by Gasteiger charge is 1.98. The van der Waals surface area contributed by atoms with Gasteiger partial charge in [-0.05, 0) is 42.9 Å². The average molecular weight is 217 g/mol. The molecule has 0 spiro atoms. The summed E-state index contributed by atoms with van der Waals surface area (Å²) in [6.07, 6.45) is 0.963. The van der Waals surface area contributed by atoms with Crippen molar-refractivity contribution in [3.8, 4) is 5.75 Å². The maximum atomic E-state index is 5.81. The molecule has 0 bridgehead atoms. The monoisotopic (exact) mass is 216 g/mol. The van der Waals surface area contributed by atoms with Crippen LogP contribution < -0.4 is 4.74 Å². The quantitative estimate of drug-likeness (QED) is 0.600. The zero-order valence-corrected chi connectivity index (χ0v) is 9.24. The second kappa shape index (κ2) is 5.40. The molecule has 0 radical (unpaired) electrons. The lowest BCUT2D eigenvalue weighted by atomic mass is 10.2. The lowest BCUT2D eigenvalue weighted by Gasteiger charge is -2.07. The van der Waals surface area contributed by atoms with Gasteiger partial charge in [-0.15, -0.1) is 0 Å². The SMILES string of the molecule is Cc1cc(Cl)ccc1OCCCS. The first-order valence-electron chi connectivity index (χ1n) is 4.24. The zero-order chi connectivity index (χ0) is 9.68. The van der Waals surface area contributed by atoms with E-state index in [4.69, 9.17) is 16.3 Å². The Morgan fingerprint density at radius 3 is 2.85 bits per heavy atom. The molecule has 13 heavy (non-hydrogen) atoms. The smallest absolute Gasteiger partial charge is 0.122 e. The maximum Gasteiger partial charge on any atom is 0.122 e. The van der Waals surface area contributed by atoms with Crippen molar-refractivity contribution in [2.75, 3.05) is 12.4 Å². The average Bonchev–Trinajstić information content (AvgIpc) is 2.09. The molecule has 0 atom stereocenters. The van der Waals surface area contributed by atoms with E-state index in [1.54, 1.807) is 0 Å². The Labute approximate surface area is 89.5 Å². The molecule has 0 unspecified atom stereocenters. The van der Waals surface area contributed by atoms with Crippen molar-refractivity contribution in [3.05, 3.63) is 28.8 Å². The lowest BCUT2D eigenvalue weighted by molar-refractivity contribution is 0.317. The number of thiol groups is 1. The Bertz CT molecular complexity index is 276. The van der Waals surface area contributed by atoms with Crippen LogP contribution in [-0.4, -0.2) is 12.4 Å². The predicted octanol–water partition coefficient (Wildman–Crippen LogP) is 3.35. The molecule has 0 N–H and O–H groups in total. The lowest BCUT2D eigenvalue weighted by Crippen LogP contribution is -1.99. The minimum Gasteiger partial charge on any atom is -0.493 e. The van der Waals surface area contributed by atoms with Crippen molar-refractivity contribution < 1.29 is 4.74 Å². The van der Waals surface area contributed by atoms with Gasteiger partial charge in [-0.25, -0.2) is 0 Å². The van der Waals surface area contributed by atoms with E-state index < -0.39 is 0 Å². The number of halogens is 1. The second-order valence-electron chi connectivity index (χ2n) is 2.84. The van der Waals surface area contributed by atoms with Crippen molar-refractivity contribution in [2.24, 2.45) is 0 Å². The first-order valence-corrected chi connectivity index (χ1v) is 5.25. The van der Waals surface area contributed by atoms with E-state index in [9.17, 15) is 0 Å².